The number of hydrogen-bond acceptors (Lipinski definition) is 4. The Kier molecular flexibility index (Phi) is 9.13. The van der Waals surface area contributed by atoms with Gasteiger partial charge in [-0.15, -0.1) is 4.31 Å². The Morgan fingerprint density at radius 1 is 0.571 bits per heavy atom. The Bertz CT molecular complexity index is 812. The van der Waals surface area contributed by atoms with Crippen molar-refractivity contribution in [2.24, 2.45) is 0 Å². The third kappa shape index (κ3) is 4.83. The van der Waals surface area contributed by atoms with E-state index in [2.05, 4.69) is 9.47 Å². The van der Waals surface area contributed by atoms with Gasteiger partial charge in [0.05, 0.1) is 6.54 Å². The Balaban J connectivity index is 6.93. The number of alkyl halides is 17. The van der Waals surface area contributed by atoms with Gasteiger partial charge in [-0.2, -0.15) is 74.6 Å². The molecule has 0 aliphatic heterocycles. The first-order valence-corrected chi connectivity index (χ1v) is 8.89. The van der Waals surface area contributed by atoms with E-state index in [1.54, 1.807) is 0 Å². The smallest absolute Gasteiger partial charge is 0.354 e. The average molecular weight is 587 g/mol. The molecule has 0 aliphatic rings. The summed E-state index contributed by atoms with van der Waals surface area (Å²) in [6.45, 7) is -2.27. The molecule has 212 valence electrons. The molecule has 0 amide bonds. The predicted octanol–water partition coefficient (Wildman–Crippen LogP) is 4.40. The van der Waals surface area contributed by atoms with Crippen molar-refractivity contribution in [1.82, 2.24) is 4.31 Å². The summed E-state index contributed by atoms with van der Waals surface area (Å²) in [5.74, 6) is -51.4. The summed E-state index contributed by atoms with van der Waals surface area (Å²) < 4.78 is 252. The van der Waals surface area contributed by atoms with Crippen molar-refractivity contribution >= 4 is 10.9 Å². The van der Waals surface area contributed by atoms with E-state index in [4.69, 9.17) is 0 Å². The minimum absolute atomic E-state index is 0.493. The van der Waals surface area contributed by atoms with Crippen LogP contribution in [0.3, 0.4) is 0 Å². The molecule has 0 aromatic carbocycles. The minimum atomic E-state index is -8.81. The lowest BCUT2D eigenvalue weighted by Gasteiger charge is -2.43. The average Bonchev–Trinajstić information content (AvgIpc) is 2.66. The Labute approximate surface area is 183 Å². The van der Waals surface area contributed by atoms with Crippen LogP contribution in [0.4, 0.5) is 74.6 Å². The van der Waals surface area contributed by atoms with Gasteiger partial charge in [0.15, 0.2) is 6.29 Å². The van der Waals surface area contributed by atoms with Crippen LogP contribution < -0.4 is 0 Å². The highest BCUT2D eigenvalue weighted by molar-refractivity contribution is 7.69. The fourth-order valence-corrected chi connectivity index (χ4v) is 2.59. The van der Waals surface area contributed by atoms with Gasteiger partial charge < -0.3 is 9.47 Å². The van der Waals surface area contributed by atoms with E-state index in [-0.39, 0.29) is 0 Å². The van der Waals surface area contributed by atoms with Crippen LogP contribution in [0.2, 0.25) is 0 Å². The molecule has 0 spiro atoms. The topological polar surface area (TPSA) is 55.8 Å². The number of methoxy groups -OCH3 is 2. The molecule has 0 rings (SSSR count). The molecule has 0 heterocycles. The van der Waals surface area contributed by atoms with Crippen LogP contribution >= 0.6 is 0 Å². The second-order valence-corrected chi connectivity index (χ2v) is 7.16. The number of hydrogen-bond donors (Lipinski definition) is 1. The first-order chi connectivity index (χ1) is 15.1. The standard InChI is InChI=1S/C12H10F17NO4S/c1-33-4(34-2)3-30(35(31)32)12(28,29)10(23,24)8(19,20)6(15,16)5(13,14)7(17,18)9(21,22)11(25,26)27/h4,35H,3H2,1-2H3. The largest absolute Gasteiger partial charge is 0.460 e. The molecule has 0 aliphatic carbocycles. The molecule has 0 N–H and O–H groups in total. The molecule has 0 aromatic rings. The molecule has 23 heteroatoms. The van der Waals surface area contributed by atoms with E-state index in [1.807, 2.05) is 0 Å². The third-order valence-corrected chi connectivity index (χ3v) is 4.88. The molecule has 0 saturated heterocycles. The predicted molar refractivity (Wildman–Crippen MR) is 75.5 cm³/mol. The highest BCUT2D eigenvalue weighted by Gasteiger charge is 2.95. The fraction of sp³-hybridized carbons (Fsp3) is 1.00. The first-order valence-electron chi connectivity index (χ1n) is 7.76. The number of thiol groups is 1. The van der Waals surface area contributed by atoms with Crippen LogP contribution in [0.15, 0.2) is 0 Å². The lowest BCUT2D eigenvalue weighted by Crippen LogP contribution is -2.75. The lowest BCUT2D eigenvalue weighted by atomic mass is 9.90. The van der Waals surface area contributed by atoms with Gasteiger partial charge in [0, 0.05) is 14.2 Å². The van der Waals surface area contributed by atoms with E-state index in [1.165, 1.54) is 0 Å². The van der Waals surface area contributed by atoms with Gasteiger partial charge in [0.2, 0.25) is 10.9 Å². The van der Waals surface area contributed by atoms with Crippen LogP contribution in [0.5, 0.6) is 0 Å². The Morgan fingerprint density at radius 3 is 1.11 bits per heavy atom. The first kappa shape index (κ1) is 33.6. The van der Waals surface area contributed by atoms with Crippen LogP contribution in [0, 0.1) is 0 Å². The zero-order chi connectivity index (χ0) is 28.9. The van der Waals surface area contributed by atoms with E-state index < -0.39 is 75.8 Å². The van der Waals surface area contributed by atoms with Crippen molar-refractivity contribution in [3.05, 3.63) is 0 Å². The quantitative estimate of drug-likeness (QED) is 0.159. The molecule has 0 saturated carbocycles. The van der Waals surface area contributed by atoms with Gasteiger partial charge in [-0.25, -0.2) is 8.42 Å². The molecular weight excluding hydrogens is 577 g/mol. The second kappa shape index (κ2) is 9.50. The summed E-state index contributed by atoms with van der Waals surface area (Å²) in [5, 5.41) is 0. The summed E-state index contributed by atoms with van der Waals surface area (Å²) in [6.07, 6.45) is -10.2. The molecule has 35 heavy (non-hydrogen) atoms. The summed E-state index contributed by atoms with van der Waals surface area (Å²) >= 11 is 0. The highest BCUT2D eigenvalue weighted by atomic mass is 32.2. The van der Waals surface area contributed by atoms with E-state index in [0.29, 0.717) is 14.2 Å². The van der Waals surface area contributed by atoms with Gasteiger partial charge in [-0.3, -0.25) is 0 Å². The lowest BCUT2D eigenvalue weighted by molar-refractivity contribution is -0.466. The fourth-order valence-electron chi connectivity index (χ4n) is 1.99. The molecule has 0 atom stereocenters. The molecule has 0 unspecified atom stereocenters. The molecule has 0 aromatic heterocycles. The van der Waals surface area contributed by atoms with E-state index in [9.17, 15) is 83.1 Å². The van der Waals surface area contributed by atoms with Crippen molar-refractivity contribution in [2.75, 3.05) is 20.8 Å². The normalized spacial score (nSPS) is 16.1. The maximum Gasteiger partial charge on any atom is 0.460 e. The van der Waals surface area contributed by atoms with Crippen LogP contribution in [-0.2, 0) is 20.4 Å². The number of halogens is 17. The zero-order valence-electron chi connectivity index (χ0n) is 16.2. The summed E-state index contributed by atoms with van der Waals surface area (Å²) in [7, 11) is -4.28. The summed E-state index contributed by atoms with van der Waals surface area (Å²) in [5.41, 5.74) is 0. The van der Waals surface area contributed by atoms with E-state index in [0.717, 1.165) is 0 Å². The number of nitrogens with zero attached hydrogens (tertiary/aromatic N) is 1. The van der Waals surface area contributed by atoms with Gasteiger partial charge >= 0.3 is 47.8 Å². The summed E-state index contributed by atoms with van der Waals surface area (Å²) in [6, 6.07) is -7.26. The van der Waals surface area contributed by atoms with Crippen LogP contribution in [-0.4, -0.2) is 87.5 Å². The maximum atomic E-state index is 14.0. The van der Waals surface area contributed by atoms with Crippen molar-refractivity contribution in [3.8, 4) is 0 Å². The van der Waals surface area contributed by atoms with Gasteiger partial charge in [-0.1, -0.05) is 0 Å². The van der Waals surface area contributed by atoms with Crippen molar-refractivity contribution in [2.45, 2.75) is 54.0 Å². The maximum absolute atomic E-state index is 14.0. The second-order valence-electron chi connectivity index (χ2n) is 6.21. The van der Waals surface area contributed by atoms with Gasteiger partial charge in [0.1, 0.15) is 0 Å². The SMILES string of the molecule is COC(CN([SH](=O)=O)C(F)(F)C(F)(F)C(F)(F)C(F)(F)C(F)(F)C(F)(F)C(F)(F)C(F)(F)F)OC. The van der Waals surface area contributed by atoms with Crippen LogP contribution in [0.25, 0.3) is 0 Å². The Hall–Kier alpha value is -1.36. The third-order valence-electron chi connectivity index (χ3n) is 4.07. The number of rotatable bonds is 12. The highest BCUT2D eigenvalue weighted by Crippen LogP contribution is 2.64. The molecule has 0 fully saturated rings. The monoisotopic (exact) mass is 587 g/mol. The molecule has 0 radical (unpaired) electrons. The molecular formula is C12H10F17NO4S. The molecule has 0 bridgehead atoms. The van der Waals surface area contributed by atoms with Crippen molar-refractivity contribution < 1.29 is 92.5 Å². The zero-order valence-corrected chi connectivity index (χ0v) is 17.1. The minimum Gasteiger partial charge on any atom is -0.354 e. The van der Waals surface area contributed by atoms with E-state index >= 15 is 0 Å². The van der Waals surface area contributed by atoms with Gasteiger partial charge in [0.25, 0.3) is 0 Å². The van der Waals surface area contributed by atoms with Crippen molar-refractivity contribution in [3.63, 3.8) is 0 Å². The molecule has 5 nitrogen and oxygen atoms in total. The van der Waals surface area contributed by atoms with Crippen molar-refractivity contribution in [1.29, 1.82) is 0 Å². The van der Waals surface area contributed by atoms with Gasteiger partial charge in [-0.05, 0) is 0 Å². The summed E-state index contributed by atoms with van der Waals surface area (Å²) in [4.78, 5) is 0. The van der Waals surface area contributed by atoms with Crippen LogP contribution in [0.1, 0.15) is 0 Å². The Morgan fingerprint density at radius 2 is 0.857 bits per heavy atom. The number of ether oxygens (including phenoxy) is 2.